The number of hydrogen-bond donors (Lipinski definition) is 1. The summed E-state index contributed by atoms with van der Waals surface area (Å²) in [5, 5.41) is 15.0. The van der Waals surface area contributed by atoms with E-state index in [2.05, 4.69) is 10.5 Å². The molecule has 1 amide bonds. The molecule has 0 aliphatic heterocycles. The van der Waals surface area contributed by atoms with Crippen molar-refractivity contribution in [1.82, 2.24) is 5.43 Å². The number of hydrazone groups is 1. The Labute approximate surface area is 200 Å². The summed E-state index contributed by atoms with van der Waals surface area (Å²) in [5.41, 5.74) is 2.72. The number of methoxy groups -OCH3 is 1. The number of carbonyl (C=O) groups is 1. The Bertz CT molecular complexity index is 1310. The molecule has 0 heterocycles. The molecule has 0 unspecified atom stereocenters. The lowest BCUT2D eigenvalue weighted by atomic mass is 10.2. The second kappa shape index (κ2) is 10.8. The highest BCUT2D eigenvalue weighted by Gasteiger charge is 2.27. The Kier molecular flexibility index (Phi) is 7.82. The number of nitro benzene ring substituents is 1. The average molecular weight is 503 g/mol. The SMILES string of the molecule is COc1ccc(S(=O)(=O)N(CC(=O)N/N=C\c2cccc([N+](=O)[O-])c2)c2ccc(Cl)cc2)cc1. The maximum Gasteiger partial charge on any atom is 0.270 e. The van der Waals surface area contributed by atoms with E-state index in [1.54, 1.807) is 6.07 Å². The van der Waals surface area contributed by atoms with E-state index >= 15 is 0 Å². The van der Waals surface area contributed by atoms with E-state index < -0.39 is 27.4 Å². The van der Waals surface area contributed by atoms with Gasteiger partial charge in [-0.3, -0.25) is 19.2 Å². The van der Waals surface area contributed by atoms with Crippen LogP contribution in [0.1, 0.15) is 5.56 Å². The quantitative estimate of drug-likeness (QED) is 0.270. The van der Waals surface area contributed by atoms with Crippen molar-refractivity contribution < 1.29 is 22.9 Å². The normalized spacial score (nSPS) is 11.2. The van der Waals surface area contributed by atoms with Gasteiger partial charge in [-0.2, -0.15) is 5.10 Å². The van der Waals surface area contributed by atoms with Gasteiger partial charge in [0.1, 0.15) is 12.3 Å². The van der Waals surface area contributed by atoms with Crippen LogP contribution < -0.4 is 14.5 Å². The number of nitro groups is 1. The van der Waals surface area contributed by atoms with Gasteiger partial charge in [0.25, 0.3) is 21.6 Å². The lowest BCUT2D eigenvalue weighted by Gasteiger charge is -2.23. The van der Waals surface area contributed by atoms with Gasteiger partial charge < -0.3 is 4.74 Å². The van der Waals surface area contributed by atoms with Gasteiger partial charge in [0.15, 0.2) is 0 Å². The second-order valence-electron chi connectivity index (χ2n) is 6.81. The van der Waals surface area contributed by atoms with E-state index in [1.807, 2.05) is 0 Å². The standard InChI is InChI=1S/C22H19ClN4O6S/c1-33-20-9-11-21(12-10-20)34(31,32)26(18-7-5-17(23)6-8-18)15-22(28)25-24-14-16-3-2-4-19(13-16)27(29)30/h2-14H,15H2,1H3,(H,25,28)/b24-14-. The number of rotatable bonds is 9. The molecule has 0 aromatic heterocycles. The van der Waals surface area contributed by atoms with Gasteiger partial charge in [0, 0.05) is 22.7 Å². The van der Waals surface area contributed by atoms with Crippen molar-refractivity contribution in [3.05, 3.63) is 93.5 Å². The van der Waals surface area contributed by atoms with Crippen molar-refractivity contribution >= 4 is 45.1 Å². The lowest BCUT2D eigenvalue weighted by Crippen LogP contribution is -2.39. The number of non-ortho nitro benzene ring substituents is 1. The third kappa shape index (κ3) is 6.09. The van der Waals surface area contributed by atoms with E-state index in [1.165, 1.54) is 80.1 Å². The number of halogens is 1. The van der Waals surface area contributed by atoms with E-state index in [0.717, 1.165) is 4.31 Å². The van der Waals surface area contributed by atoms with Crippen LogP contribution in [0.2, 0.25) is 5.02 Å². The predicted molar refractivity (Wildman–Crippen MR) is 128 cm³/mol. The fraction of sp³-hybridized carbons (Fsp3) is 0.0909. The summed E-state index contributed by atoms with van der Waals surface area (Å²) in [7, 11) is -2.67. The van der Waals surface area contributed by atoms with Gasteiger partial charge in [0.2, 0.25) is 0 Å². The van der Waals surface area contributed by atoms with Crippen molar-refractivity contribution in [2.75, 3.05) is 18.0 Å². The van der Waals surface area contributed by atoms with E-state index in [-0.39, 0.29) is 16.3 Å². The molecule has 0 fully saturated rings. The van der Waals surface area contributed by atoms with Gasteiger partial charge >= 0.3 is 0 Å². The number of nitrogens with one attached hydrogen (secondary N) is 1. The number of carbonyl (C=O) groups excluding carboxylic acids is 1. The predicted octanol–water partition coefficient (Wildman–Crippen LogP) is 3.60. The molecular weight excluding hydrogens is 484 g/mol. The number of sulfonamides is 1. The molecule has 3 aromatic rings. The molecule has 0 radical (unpaired) electrons. The maximum absolute atomic E-state index is 13.3. The van der Waals surface area contributed by atoms with Gasteiger partial charge in [-0.1, -0.05) is 23.7 Å². The molecule has 0 spiro atoms. The van der Waals surface area contributed by atoms with Crippen molar-refractivity contribution in [2.24, 2.45) is 5.10 Å². The van der Waals surface area contributed by atoms with Crippen LogP contribution in [0.25, 0.3) is 0 Å². The zero-order valence-corrected chi connectivity index (χ0v) is 19.4. The topological polar surface area (TPSA) is 131 Å². The number of nitrogens with zero attached hydrogens (tertiary/aromatic N) is 3. The Morgan fingerprint density at radius 1 is 1.15 bits per heavy atom. The molecule has 10 nitrogen and oxygen atoms in total. The first-order valence-electron chi connectivity index (χ1n) is 9.69. The van der Waals surface area contributed by atoms with Gasteiger partial charge in [-0.15, -0.1) is 0 Å². The molecule has 0 saturated heterocycles. The fourth-order valence-electron chi connectivity index (χ4n) is 2.86. The molecule has 0 aliphatic rings. The lowest BCUT2D eigenvalue weighted by molar-refractivity contribution is -0.384. The van der Waals surface area contributed by atoms with Gasteiger partial charge in [-0.05, 0) is 48.5 Å². The highest BCUT2D eigenvalue weighted by atomic mass is 35.5. The van der Waals surface area contributed by atoms with Crippen molar-refractivity contribution in [1.29, 1.82) is 0 Å². The van der Waals surface area contributed by atoms with E-state index in [9.17, 15) is 23.3 Å². The van der Waals surface area contributed by atoms with Crippen LogP contribution in [-0.2, 0) is 14.8 Å². The largest absolute Gasteiger partial charge is 0.497 e. The Hall–Kier alpha value is -3.96. The monoisotopic (exact) mass is 502 g/mol. The smallest absolute Gasteiger partial charge is 0.270 e. The summed E-state index contributed by atoms with van der Waals surface area (Å²) in [6, 6.07) is 17.3. The molecular formula is C22H19ClN4O6S. The second-order valence-corrected chi connectivity index (χ2v) is 9.11. The van der Waals surface area contributed by atoms with E-state index in [4.69, 9.17) is 16.3 Å². The van der Waals surface area contributed by atoms with E-state index in [0.29, 0.717) is 16.3 Å². The third-order valence-corrected chi connectivity index (χ3v) is 6.57. The number of anilines is 1. The molecule has 34 heavy (non-hydrogen) atoms. The summed E-state index contributed by atoms with van der Waals surface area (Å²) >= 11 is 5.92. The summed E-state index contributed by atoms with van der Waals surface area (Å²) in [4.78, 5) is 22.8. The Morgan fingerprint density at radius 3 is 2.44 bits per heavy atom. The van der Waals surface area contributed by atoms with Crippen LogP contribution in [0.4, 0.5) is 11.4 Å². The van der Waals surface area contributed by atoms with Crippen LogP contribution in [0, 0.1) is 10.1 Å². The van der Waals surface area contributed by atoms with Gasteiger partial charge in [0.05, 0.1) is 28.8 Å². The molecule has 3 rings (SSSR count). The highest BCUT2D eigenvalue weighted by Crippen LogP contribution is 2.26. The van der Waals surface area contributed by atoms with Crippen LogP contribution in [0.3, 0.4) is 0 Å². The molecule has 3 aromatic carbocycles. The fourth-order valence-corrected chi connectivity index (χ4v) is 4.41. The number of amides is 1. The summed E-state index contributed by atoms with van der Waals surface area (Å²) < 4.78 is 32.6. The number of benzene rings is 3. The van der Waals surface area contributed by atoms with Gasteiger partial charge in [-0.25, -0.2) is 13.8 Å². The summed E-state index contributed by atoms with van der Waals surface area (Å²) in [6.45, 7) is -0.581. The highest BCUT2D eigenvalue weighted by molar-refractivity contribution is 7.92. The number of hydrogen-bond acceptors (Lipinski definition) is 7. The minimum atomic E-state index is -4.13. The minimum Gasteiger partial charge on any atom is -0.497 e. The molecule has 176 valence electrons. The molecule has 0 aliphatic carbocycles. The minimum absolute atomic E-state index is 0.0452. The molecule has 12 heteroatoms. The molecule has 1 N–H and O–H groups in total. The zero-order chi connectivity index (χ0) is 24.7. The first-order chi connectivity index (χ1) is 16.2. The van der Waals surface area contributed by atoms with Crippen LogP contribution in [0.15, 0.2) is 82.8 Å². The number of ether oxygens (including phenoxy) is 1. The molecule has 0 saturated carbocycles. The third-order valence-electron chi connectivity index (χ3n) is 4.53. The van der Waals surface area contributed by atoms with Crippen LogP contribution >= 0.6 is 11.6 Å². The van der Waals surface area contributed by atoms with Crippen molar-refractivity contribution in [2.45, 2.75) is 4.90 Å². The average Bonchev–Trinajstić information content (AvgIpc) is 2.83. The summed E-state index contributed by atoms with van der Waals surface area (Å²) in [6.07, 6.45) is 1.22. The van der Waals surface area contributed by atoms with Crippen molar-refractivity contribution in [3.63, 3.8) is 0 Å². The Balaban J connectivity index is 1.82. The first-order valence-corrected chi connectivity index (χ1v) is 11.5. The van der Waals surface area contributed by atoms with Crippen molar-refractivity contribution in [3.8, 4) is 5.75 Å². The Morgan fingerprint density at radius 2 is 1.82 bits per heavy atom. The molecule has 0 atom stereocenters. The first kappa shape index (κ1) is 24.7. The zero-order valence-electron chi connectivity index (χ0n) is 17.8. The van der Waals surface area contributed by atoms with Crippen LogP contribution in [-0.4, -0.2) is 39.1 Å². The maximum atomic E-state index is 13.3. The summed E-state index contributed by atoms with van der Waals surface area (Å²) in [5.74, 6) is -0.251. The molecule has 0 bridgehead atoms. The van der Waals surface area contributed by atoms with Crippen LogP contribution in [0.5, 0.6) is 5.75 Å².